The van der Waals surface area contributed by atoms with Crippen LogP contribution in [0.25, 0.3) is 0 Å². The summed E-state index contributed by atoms with van der Waals surface area (Å²) in [6.45, 7) is 2.37. The molecular weight excluding hydrogens is 372 g/mol. The number of ether oxygens (including phenoxy) is 1. The summed E-state index contributed by atoms with van der Waals surface area (Å²) in [6.07, 6.45) is 20.2. The molecule has 4 saturated carbocycles. The van der Waals surface area contributed by atoms with Crippen molar-refractivity contribution in [3.63, 3.8) is 0 Å². The topological polar surface area (TPSA) is 41.6 Å². The van der Waals surface area contributed by atoms with E-state index < -0.39 is 0 Å². The van der Waals surface area contributed by atoms with Crippen molar-refractivity contribution in [3.8, 4) is 0 Å². The Morgan fingerprint density at radius 2 is 1.70 bits per heavy atom. The van der Waals surface area contributed by atoms with E-state index in [2.05, 4.69) is 16.3 Å². The van der Waals surface area contributed by atoms with Gasteiger partial charge in [-0.15, -0.1) is 0 Å². The van der Waals surface area contributed by atoms with Crippen molar-refractivity contribution in [2.45, 2.75) is 76.3 Å². The predicted molar refractivity (Wildman–Crippen MR) is 118 cm³/mol. The summed E-state index contributed by atoms with van der Waals surface area (Å²) in [6, 6.07) is 0.234. The highest BCUT2D eigenvalue weighted by molar-refractivity contribution is 5.87. The third-order valence-electron chi connectivity index (χ3n) is 9.85. The van der Waals surface area contributed by atoms with E-state index in [1.54, 1.807) is 6.26 Å². The van der Waals surface area contributed by atoms with Crippen LogP contribution in [-0.2, 0) is 9.53 Å². The van der Waals surface area contributed by atoms with Crippen LogP contribution < -0.4 is 5.32 Å². The fraction of sp³-hybridized carbons (Fsp3) is 0.808. The number of carbonyl (C=O) groups is 1. The van der Waals surface area contributed by atoms with Crippen molar-refractivity contribution in [2.75, 3.05) is 19.7 Å². The molecule has 0 bridgehead atoms. The number of rotatable bonds is 2. The van der Waals surface area contributed by atoms with Gasteiger partial charge in [0.25, 0.3) is 0 Å². The zero-order chi connectivity index (χ0) is 20.1. The lowest BCUT2D eigenvalue weighted by molar-refractivity contribution is -0.139. The first-order valence-electron chi connectivity index (χ1n) is 12.8. The largest absolute Gasteiger partial charge is 0.497 e. The van der Waals surface area contributed by atoms with Gasteiger partial charge in [0.2, 0.25) is 5.91 Å². The van der Waals surface area contributed by atoms with Crippen LogP contribution >= 0.6 is 0 Å². The molecule has 2 heterocycles. The number of nitrogens with zero attached hydrogens (tertiary/aromatic N) is 1. The van der Waals surface area contributed by atoms with E-state index in [1.807, 2.05) is 6.08 Å². The van der Waals surface area contributed by atoms with Crippen molar-refractivity contribution in [1.82, 2.24) is 10.2 Å². The Morgan fingerprint density at radius 3 is 2.53 bits per heavy atom. The first-order valence-corrected chi connectivity index (χ1v) is 12.8. The second-order valence-corrected chi connectivity index (χ2v) is 11.0. The highest BCUT2D eigenvalue weighted by atomic mass is 16.5. The van der Waals surface area contributed by atoms with Crippen molar-refractivity contribution >= 4 is 5.91 Å². The second-order valence-electron chi connectivity index (χ2n) is 11.0. The summed E-state index contributed by atoms with van der Waals surface area (Å²) in [7, 11) is 0. The van der Waals surface area contributed by atoms with Crippen LogP contribution in [0.1, 0.15) is 64.2 Å². The normalized spacial score (nSPS) is 45.8. The molecule has 30 heavy (non-hydrogen) atoms. The minimum atomic E-state index is -0.221. The summed E-state index contributed by atoms with van der Waals surface area (Å²) in [5.74, 6) is 6.27. The van der Waals surface area contributed by atoms with E-state index >= 15 is 0 Å². The molecule has 4 heteroatoms. The monoisotopic (exact) mass is 410 g/mol. The van der Waals surface area contributed by atoms with Gasteiger partial charge < -0.3 is 15.0 Å². The maximum Gasteiger partial charge on any atom is 0.244 e. The molecule has 8 atom stereocenters. The first kappa shape index (κ1) is 19.4. The lowest BCUT2D eigenvalue weighted by Gasteiger charge is -2.54. The molecule has 0 spiro atoms. The zero-order valence-electron chi connectivity index (χ0n) is 18.3. The Bertz CT molecular complexity index is 731. The average Bonchev–Trinajstić information content (AvgIpc) is 3.28. The number of piperazine rings is 1. The summed E-state index contributed by atoms with van der Waals surface area (Å²) in [5.41, 5.74) is 0.985. The van der Waals surface area contributed by atoms with E-state index in [9.17, 15) is 4.79 Å². The van der Waals surface area contributed by atoms with Gasteiger partial charge in [0.05, 0.1) is 6.26 Å². The quantitative estimate of drug-likeness (QED) is 0.739. The highest BCUT2D eigenvalue weighted by Crippen LogP contribution is 2.58. The SMILES string of the molecule is O=C1C(C2=COCC=C2)NCCN1C1CCC2C(CCC3C4CCCC4CCC23)C1. The Kier molecular flexibility index (Phi) is 5.17. The maximum atomic E-state index is 13.4. The Morgan fingerprint density at radius 1 is 0.900 bits per heavy atom. The number of nitrogens with one attached hydrogen (secondary N) is 1. The van der Waals surface area contributed by atoms with Crippen molar-refractivity contribution in [1.29, 1.82) is 0 Å². The second kappa shape index (κ2) is 8.00. The Labute approximate surface area is 181 Å². The molecule has 5 fully saturated rings. The number of amides is 1. The molecule has 1 amide bonds. The lowest BCUT2D eigenvalue weighted by Crippen LogP contribution is -2.60. The maximum absolute atomic E-state index is 13.4. The smallest absolute Gasteiger partial charge is 0.244 e. The van der Waals surface area contributed by atoms with Crippen LogP contribution in [0.5, 0.6) is 0 Å². The molecule has 4 aliphatic carbocycles. The number of hydrogen-bond acceptors (Lipinski definition) is 3. The summed E-state index contributed by atoms with van der Waals surface area (Å²) >= 11 is 0. The molecule has 1 N–H and O–H groups in total. The molecule has 8 unspecified atom stereocenters. The Balaban J connectivity index is 1.13. The van der Waals surface area contributed by atoms with Gasteiger partial charge in [-0.1, -0.05) is 18.9 Å². The van der Waals surface area contributed by atoms with E-state index in [0.29, 0.717) is 12.6 Å². The minimum Gasteiger partial charge on any atom is -0.497 e. The zero-order valence-corrected chi connectivity index (χ0v) is 18.3. The molecule has 0 aromatic rings. The highest BCUT2D eigenvalue weighted by Gasteiger charge is 2.50. The molecule has 0 aromatic heterocycles. The van der Waals surface area contributed by atoms with Crippen LogP contribution in [0.4, 0.5) is 0 Å². The van der Waals surface area contributed by atoms with Gasteiger partial charge in [-0.25, -0.2) is 0 Å². The van der Waals surface area contributed by atoms with Gasteiger partial charge >= 0.3 is 0 Å². The van der Waals surface area contributed by atoms with Crippen molar-refractivity contribution in [2.24, 2.45) is 35.5 Å². The van der Waals surface area contributed by atoms with Crippen LogP contribution in [0.2, 0.25) is 0 Å². The Hall–Kier alpha value is -1.29. The standard InChI is InChI=1S/C26H38N2O2/c29-26-25(19-4-2-14-30-16-19)27-12-13-28(26)20-8-11-22-18(15-20)7-10-23-21-5-1-3-17(21)6-9-24(22)23/h2,4,16-18,20-25,27H,1,3,5-15H2. The fourth-order valence-electron chi connectivity index (χ4n) is 8.64. The van der Waals surface area contributed by atoms with Crippen LogP contribution in [-0.4, -0.2) is 42.6 Å². The van der Waals surface area contributed by atoms with Crippen molar-refractivity contribution in [3.05, 3.63) is 24.0 Å². The summed E-state index contributed by atoms with van der Waals surface area (Å²) < 4.78 is 5.46. The number of fused-ring (bicyclic) bond motifs is 5. The van der Waals surface area contributed by atoms with Gasteiger partial charge in [-0.05, 0) is 93.0 Å². The van der Waals surface area contributed by atoms with E-state index in [1.165, 1.54) is 64.2 Å². The third-order valence-corrected chi connectivity index (χ3v) is 9.85. The van der Waals surface area contributed by atoms with Gasteiger partial charge in [0, 0.05) is 24.7 Å². The fourth-order valence-corrected chi connectivity index (χ4v) is 8.64. The minimum absolute atomic E-state index is 0.221. The molecule has 4 nitrogen and oxygen atoms in total. The molecule has 2 aliphatic heterocycles. The molecule has 0 radical (unpaired) electrons. The molecule has 6 aliphatic rings. The summed E-state index contributed by atoms with van der Waals surface area (Å²) in [4.78, 5) is 15.6. The van der Waals surface area contributed by atoms with Gasteiger partial charge in [0.1, 0.15) is 12.6 Å². The molecular formula is C26H38N2O2. The van der Waals surface area contributed by atoms with Gasteiger partial charge in [0.15, 0.2) is 0 Å². The lowest BCUT2D eigenvalue weighted by atomic mass is 9.53. The van der Waals surface area contributed by atoms with E-state index in [4.69, 9.17) is 4.74 Å². The number of hydrogen-bond donors (Lipinski definition) is 1. The molecule has 1 saturated heterocycles. The number of carbonyl (C=O) groups excluding carboxylic acids is 1. The molecule has 6 rings (SSSR count). The third kappa shape index (κ3) is 3.25. The van der Waals surface area contributed by atoms with Crippen LogP contribution in [0.3, 0.4) is 0 Å². The first-order chi connectivity index (χ1) is 14.8. The average molecular weight is 411 g/mol. The molecule has 164 valence electrons. The van der Waals surface area contributed by atoms with Crippen LogP contribution in [0, 0.1) is 35.5 Å². The van der Waals surface area contributed by atoms with Gasteiger partial charge in [-0.3, -0.25) is 4.79 Å². The summed E-state index contributed by atoms with van der Waals surface area (Å²) in [5, 5.41) is 3.43. The van der Waals surface area contributed by atoms with Crippen LogP contribution in [0.15, 0.2) is 24.0 Å². The van der Waals surface area contributed by atoms with Gasteiger partial charge in [-0.2, -0.15) is 0 Å². The predicted octanol–water partition coefficient (Wildman–Crippen LogP) is 4.28. The van der Waals surface area contributed by atoms with E-state index in [-0.39, 0.29) is 11.9 Å². The molecule has 0 aromatic carbocycles. The van der Waals surface area contributed by atoms with Crippen molar-refractivity contribution < 1.29 is 9.53 Å². The van der Waals surface area contributed by atoms with E-state index in [0.717, 1.165) is 54.2 Å².